The molecule has 0 radical (unpaired) electrons. The monoisotopic (exact) mass is 545 g/mol. The number of halogens is 1. The SMILES string of the molecule is COc1ccc([C@@H]2[C@H](CC[C@H](O)c3ccc(F)cc3)SC(=S)N2c2ccc(-c3ccccc3)cc2)c(O)c1. The zero-order valence-electron chi connectivity index (χ0n) is 20.8. The lowest BCUT2D eigenvalue weighted by Gasteiger charge is -2.30. The Bertz CT molecular complexity index is 1400. The smallest absolute Gasteiger partial charge is 0.141 e. The highest BCUT2D eigenvalue weighted by atomic mass is 32.2. The van der Waals surface area contributed by atoms with Gasteiger partial charge in [-0.15, -0.1) is 0 Å². The van der Waals surface area contributed by atoms with Crippen LogP contribution in [0.1, 0.15) is 36.1 Å². The number of thiocarbonyl (C=S) groups is 1. The summed E-state index contributed by atoms with van der Waals surface area (Å²) in [5.41, 5.74) is 4.59. The Kier molecular flexibility index (Phi) is 7.98. The quantitative estimate of drug-likeness (QED) is 0.222. The molecule has 0 aromatic heterocycles. The Hall–Kier alpha value is -3.39. The van der Waals surface area contributed by atoms with Gasteiger partial charge in [0.05, 0.1) is 19.3 Å². The highest BCUT2D eigenvalue weighted by Crippen LogP contribution is 2.49. The maximum atomic E-state index is 13.3. The molecule has 5 rings (SSSR count). The van der Waals surface area contributed by atoms with E-state index < -0.39 is 6.10 Å². The summed E-state index contributed by atoms with van der Waals surface area (Å²) < 4.78 is 19.4. The van der Waals surface area contributed by atoms with E-state index >= 15 is 0 Å². The molecule has 4 aromatic rings. The lowest BCUT2D eigenvalue weighted by Crippen LogP contribution is -2.29. The summed E-state index contributed by atoms with van der Waals surface area (Å²) in [6, 6.07) is 29.5. The number of aromatic hydroxyl groups is 1. The van der Waals surface area contributed by atoms with Crippen molar-refractivity contribution in [3.05, 3.63) is 114 Å². The minimum atomic E-state index is -0.728. The summed E-state index contributed by atoms with van der Waals surface area (Å²) in [7, 11) is 1.56. The number of nitrogens with zero attached hydrogens (tertiary/aromatic N) is 1. The number of anilines is 1. The van der Waals surface area contributed by atoms with Gasteiger partial charge in [-0.3, -0.25) is 0 Å². The third kappa shape index (κ3) is 5.55. The average Bonchev–Trinajstić information content (AvgIpc) is 3.28. The maximum absolute atomic E-state index is 13.3. The van der Waals surface area contributed by atoms with Gasteiger partial charge >= 0.3 is 0 Å². The molecule has 4 aromatic carbocycles. The highest BCUT2D eigenvalue weighted by molar-refractivity contribution is 8.24. The number of rotatable bonds is 8. The lowest BCUT2D eigenvalue weighted by atomic mass is 9.95. The molecule has 1 aliphatic heterocycles. The molecule has 7 heteroatoms. The second-order valence-electron chi connectivity index (χ2n) is 9.22. The number of hydrogen-bond acceptors (Lipinski definition) is 5. The second kappa shape index (κ2) is 11.6. The molecule has 4 nitrogen and oxygen atoms in total. The first-order valence-corrected chi connectivity index (χ1v) is 13.7. The van der Waals surface area contributed by atoms with Crippen LogP contribution >= 0.6 is 24.0 Å². The summed E-state index contributed by atoms with van der Waals surface area (Å²) in [5, 5.41) is 21.8. The van der Waals surface area contributed by atoms with Gasteiger partial charge in [-0.2, -0.15) is 0 Å². The van der Waals surface area contributed by atoms with Crippen LogP contribution in [0.4, 0.5) is 10.1 Å². The van der Waals surface area contributed by atoms with Crippen molar-refractivity contribution in [1.82, 2.24) is 0 Å². The van der Waals surface area contributed by atoms with Crippen molar-refractivity contribution >= 4 is 34.0 Å². The summed E-state index contributed by atoms with van der Waals surface area (Å²) in [5.74, 6) is 0.373. The first-order valence-electron chi connectivity index (χ1n) is 12.4. The van der Waals surface area contributed by atoms with E-state index in [0.29, 0.717) is 28.5 Å². The van der Waals surface area contributed by atoms with E-state index in [4.69, 9.17) is 17.0 Å². The Morgan fingerprint density at radius 3 is 2.29 bits per heavy atom. The molecule has 3 atom stereocenters. The third-order valence-corrected chi connectivity index (χ3v) is 8.55. The van der Waals surface area contributed by atoms with Crippen molar-refractivity contribution in [3.63, 3.8) is 0 Å². The molecule has 0 spiro atoms. The Balaban J connectivity index is 1.45. The number of phenols is 1. The Morgan fingerprint density at radius 2 is 1.63 bits per heavy atom. The maximum Gasteiger partial charge on any atom is 0.141 e. The van der Waals surface area contributed by atoms with E-state index in [0.717, 1.165) is 22.4 Å². The number of phenolic OH excluding ortho intramolecular Hbond substituents is 1. The lowest BCUT2D eigenvalue weighted by molar-refractivity contribution is 0.163. The molecule has 38 heavy (non-hydrogen) atoms. The standard InChI is InChI=1S/C31H28FNO3S2/c1-36-25-15-16-26(28(35)19-25)30-29(18-17-27(34)22-7-11-23(32)12-8-22)38-31(37)33(30)24-13-9-21(10-14-24)20-5-3-2-4-6-20/h2-16,19,27,29-30,34-35H,17-18H2,1H3/t27-,29-,30+/m0/s1. The number of hydrogen-bond donors (Lipinski definition) is 2. The summed E-state index contributed by atoms with van der Waals surface area (Å²) in [4.78, 5) is 2.09. The van der Waals surface area contributed by atoms with Gasteiger partial charge in [0, 0.05) is 22.6 Å². The number of aliphatic hydroxyl groups excluding tert-OH is 1. The van der Waals surface area contributed by atoms with Crippen LogP contribution in [-0.2, 0) is 0 Å². The van der Waals surface area contributed by atoms with E-state index in [2.05, 4.69) is 41.3 Å². The van der Waals surface area contributed by atoms with Gasteiger partial charge in [0.25, 0.3) is 0 Å². The molecule has 0 aliphatic carbocycles. The fourth-order valence-corrected chi connectivity index (χ4v) is 6.70. The number of aliphatic hydroxyl groups is 1. The van der Waals surface area contributed by atoms with Gasteiger partial charge in [-0.1, -0.05) is 78.6 Å². The van der Waals surface area contributed by atoms with Crippen LogP contribution in [0.2, 0.25) is 0 Å². The molecule has 2 N–H and O–H groups in total. The van der Waals surface area contributed by atoms with Crippen LogP contribution in [0.25, 0.3) is 11.1 Å². The molecule has 194 valence electrons. The van der Waals surface area contributed by atoms with Crippen LogP contribution < -0.4 is 9.64 Å². The van der Waals surface area contributed by atoms with Gasteiger partial charge in [-0.05, 0) is 65.9 Å². The van der Waals surface area contributed by atoms with E-state index in [9.17, 15) is 14.6 Å². The molecule has 1 aliphatic rings. The Morgan fingerprint density at radius 1 is 0.947 bits per heavy atom. The van der Waals surface area contributed by atoms with Crippen molar-refractivity contribution in [2.24, 2.45) is 0 Å². The number of thioether (sulfide) groups is 1. The summed E-state index contributed by atoms with van der Waals surface area (Å²) in [6.07, 6.45) is 0.382. The summed E-state index contributed by atoms with van der Waals surface area (Å²) >= 11 is 7.44. The van der Waals surface area contributed by atoms with Gasteiger partial charge in [0.2, 0.25) is 0 Å². The largest absolute Gasteiger partial charge is 0.507 e. The van der Waals surface area contributed by atoms with E-state index in [1.807, 2.05) is 30.3 Å². The van der Waals surface area contributed by atoms with Gasteiger partial charge < -0.3 is 19.8 Å². The van der Waals surface area contributed by atoms with Crippen LogP contribution in [0.15, 0.2) is 97.1 Å². The topological polar surface area (TPSA) is 52.9 Å². The zero-order chi connectivity index (χ0) is 26.6. The third-order valence-electron chi connectivity index (χ3n) is 6.87. The Labute approximate surface area is 231 Å². The van der Waals surface area contributed by atoms with Crippen molar-refractivity contribution < 1.29 is 19.3 Å². The molecule has 0 saturated carbocycles. The van der Waals surface area contributed by atoms with Crippen LogP contribution in [0, 0.1) is 5.82 Å². The molecule has 0 bridgehead atoms. The predicted octanol–water partition coefficient (Wildman–Crippen LogP) is 7.67. The first kappa shape index (κ1) is 26.2. The summed E-state index contributed by atoms with van der Waals surface area (Å²) in [6.45, 7) is 0. The zero-order valence-corrected chi connectivity index (χ0v) is 22.5. The first-order chi connectivity index (χ1) is 18.4. The minimum Gasteiger partial charge on any atom is -0.507 e. The normalized spacial score (nSPS) is 18.0. The fraction of sp³-hybridized carbons (Fsp3) is 0.194. The predicted molar refractivity (Wildman–Crippen MR) is 156 cm³/mol. The minimum absolute atomic E-state index is 0.0225. The van der Waals surface area contributed by atoms with Crippen LogP contribution in [0.5, 0.6) is 11.5 Å². The van der Waals surface area contributed by atoms with E-state index in [-0.39, 0.29) is 22.9 Å². The van der Waals surface area contributed by atoms with Gasteiger partial charge in [-0.25, -0.2) is 4.39 Å². The molecular formula is C31H28FNO3S2. The molecule has 1 saturated heterocycles. The van der Waals surface area contributed by atoms with Crippen molar-refractivity contribution in [1.29, 1.82) is 0 Å². The van der Waals surface area contributed by atoms with Crippen molar-refractivity contribution in [2.45, 2.75) is 30.2 Å². The van der Waals surface area contributed by atoms with Gasteiger partial charge in [0.15, 0.2) is 0 Å². The molecule has 1 fully saturated rings. The number of ether oxygens (including phenoxy) is 1. The molecule has 0 unspecified atom stereocenters. The molecule has 0 amide bonds. The van der Waals surface area contributed by atoms with E-state index in [1.165, 1.54) is 12.1 Å². The van der Waals surface area contributed by atoms with Gasteiger partial charge in [0.1, 0.15) is 21.6 Å². The van der Waals surface area contributed by atoms with E-state index in [1.54, 1.807) is 37.1 Å². The fourth-order valence-electron chi connectivity index (χ4n) is 4.87. The van der Waals surface area contributed by atoms with Crippen molar-refractivity contribution in [3.8, 4) is 22.6 Å². The average molecular weight is 546 g/mol. The van der Waals surface area contributed by atoms with Crippen LogP contribution in [0.3, 0.4) is 0 Å². The number of benzene rings is 4. The second-order valence-corrected chi connectivity index (χ2v) is 11.1. The van der Waals surface area contributed by atoms with Crippen molar-refractivity contribution in [2.75, 3.05) is 12.0 Å². The molecular weight excluding hydrogens is 517 g/mol. The van der Waals surface area contributed by atoms with Crippen LogP contribution in [-0.4, -0.2) is 26.9 Å². The highest BCUT2D eigenvalue weighted by Gasteiger charge is 2.41. The number of methoxy groups -OCH3 is 1. The molecule has 1 heterocycles.